The van der Waals surface area contributed by atoms with Crippen LogP contribution < -0.4 is 5.32 Å². The summed E-state index contributed by atoms with van der Waals surface area (Å²) in [6, 6.07) is 9.22. The van der Waals surface area contributed by atoms with Gasteiger partial charge >= 0.3 is 0 Å². The Labute approximate surface area is 138 Å². The maximum atomic E-state index is 12.5. The van der Waals surface area contributed by atoms with Crippen LogP contribution in [0.15, 0.2) is 55.2 Å². The van der Waals surface area contributed by atoms with Crippen LogP contribution in [-0.4, -0.2) is 30.1 Å². The standard InChI is InChI=1S/C17H16N6O/c1-12(22-11-20-14-5-2-3-6-15(14)22)17(24)19-9-13-10-21-23-8-4-7-18-16(13)23/h2-8,10-12H,9H2,1H3,(H,19,24)/t12-/m0/s1. The van der Waals surface area contributed by atoms with Crippen molar-refractivity contribution in [3.05, 3.63) is 60.8 Å². The van der Waals surface area contributed by atoms with Gasteiger partial charge in [0.25, 0.3) is 0 Å². The lowest BCUT2D eigenvalue weighted by molar-refractivity contribution is -0.123. The van der Waals surface area contributed by atoms with Crippen molar-refractivity contribution in [1.29, 1.82) is 0 Å². The fourth-order valence-corrected chi connectivity index (χ4v) is 2.74. The molecule has 0 bridgehead atoms. The van der Waals surface area contributed by atoms with Crippen molar-refractivity contribution in [3.8, 4) is 0 Å². The summed E-state index contributed by atoms with van der Waals surface area (Å²) < 4.78 is 3.56. The molecular formula is C17H16N6O. The van der Waals surface area contributed by atoms with Crippen LogP contribution in [0.4, 0.5) is 0 Å². The van der Waals surface area contributed by atoms with Crippen molar-refractivity contribution >= 4 is 22.6 Å². The van der Waals surface area contributed by atoms with Gasteiger partial charge in [-0.3, -0.25) is 4.79 Å². The summed E-state index contributed by atoms with van der Waals surface area (Å²) in [7, 11) is 0. The average molecular weight is 320 g/mol. The van der Waals surface area contributed by atoms with E-state index in [4.69, 9.17) is 0 Å². The van der Waals surface area contributed by atoms with Gasteiger partial charge in [0.15, 0.2) is 5.65 Å². The highest BCUT2D eigenvalue weighted by atomic mass is 16.2. The molecule has 4 rings (SSSR count). The molecule has 1 amide bonds. The second kappa shape index (κ2) is 5.77. The normalized spacial score (nSPS) is 12.5. The van der Waals surface area contributed by atoms with Gasteiger partial charge in [0.2, 0.25) is 5.91 Å². The summed E-state index contributed by atoms with van der Waals surface area (Å²) in [5.74, 6) is -0.0755. The van der Waals surface area contributed by atoms with Crippen LogP contribution in [0, 0.1) is 0 Å². The maximum Gasteiger partial charge on any atom is 0.243 e. The lowest BCUT2D eigenvalue weighted by Gasteiger charge is -2.14. The minimum absolute atomic E-state index is 0.0755. The third kappa shape index (κ3) is 2.40. The number of amides is 1. The number of hydrogen-bond acceptors (Lipinski definition) is 4. The Morgan fingerprint density at radius 1 is 1.25 bits per heavy atom. The highest BCUT2D eigenvalue weighted by Gasteiger charge is 2.17. The molecule has 3 aromatic heterocycles. The third-order valence-corrected chi connectivity index (χ3v) is 4.08. The summed E-state index contributed by atoms with van der Waals surface area (Å²) in [4.78, 5) is 21.1. The van der Waals surface area contributed by atoms with E-state index < -0.39 is 0 Å². The predicted octanol–water partition coefficient (Wildman–Crippen LogP) is 1.96. The van der Waals surface area contributed by atoms with E-state index in [1.807, 2.05) is 48.0 Å². The van der Waals surface area contributed by atoms with E-state index in [2.05, 4.69) is 20.4 Å². The Morgan fingerprint density at radius 2 is 2.12 bits per heavy atom. The monoisotopic (exact) mass is 320 g/mol. The van der Waals surface area contributed by atoms with Crippen LogP contribution in [0.3, 0.4) is 0 Å². The molecule has 1 N–H and O–H groups in total. The number of para-hydroxylation sites is 2. The van der Waals surface area contributed by atoms with E-state index in [0.29, 0.717) is 6.54 Å². The molecule has 0 fully saturated rings. The van der Waals surface area contributed by atoms with E-state index >= 15 is 0 Å². The number of benzene rings is 1. The number of carbonyl (C=O) groups is 1. The largest absolute Gasteiger partial charge is 0.350 e. The van der Waals surface area contributed by atoms with Crippen LogP contribution in [0.25, 0.3) is 16.7 Å². The Balaban J connectivity index is 1.51. The molecular weight excluding hydrogens is 304 g/mol. The molecule has 4 aromatic rings. The van der Waals surface area contributed by atoms with Crippen molar-refractivity contribution in [1.82, 2.24) is 29.5 Å². The van der Waals surface area contributed by atoms with Crippen LogP contribution in [-0.2, 0) is 11.3 Å². The average Bonchev–Trinajstić information content (AvgIpc) is 3.23. The minimum atomic E-state index is -0.354. The molecule has 7 heteroatoms. The molecule has 0 aliphatic heterocycles. The highest BCUT2D eigenvalue weighted by Crippen LogP contribution is 2.17. The number of nitrogens with one attached hydrogen (secondary N) is 1. The Morgan fingerprint density at radius 3 is 3.04 bits per heavy atom. The summed E-state index contributed by atoms with van der Waals surface area (Å²) in [5, 5.41) is 7.17. The fourth-order valence-electron chi connectivity index (χ4n) is 2.74. The quantitative estimate of drug-likeness (QED) is 0.623. The zero-order valence-electron chi connectivity index (χ0n) is 13.1. The molecule has 0 saturated heterocycles. The van der Waals surface area contributed by atoms with Gasteiger partial charge in [0.05, 0.1) is 23.6 Å². The number of hydrogen-bond donors (Lipinski definition) is 1. The molecule has 0 saturated carbocycles. The molecule has 120 valence electrons. The van der Waals surface area contributed by atoms with Gasteiger partial charge in [-0.25, -0.2) is 14.5 Å². The highest BCUT2D eigenvalue weighted by molar-refractivity contribution is 5.83. The SMILES string of the molecule is C[C@@H](C(=O)NCc1cnn2cccnc12)n1cnc2ccccc21. The summed E-state index contributed by atoms with van der Waals surface area (Å²) in [6.45, 7) is 2.24. The number of imidazole rings is 1. The first-order chi connectivity index (χ1) is 11.7. The molecule has 24 heavy (non-hydrogen) atoms. The zero-order valence-corrected chi connectivity index (χ0v) is 13.1. The smallest absolute Gasteiger partial charge is 0.243 e. The fraction of sp³-hybridized carbons (Fsp3) is 0.176. The molecule has 0 aliphatic rings. The first-order valence-corrected chi connectivity index (χ1v) is 7.70. The molecule has 0 unspecified atom stereocenters. The first kappa shape index (κ1) is 14.4. The predicted molar refractivity (Wildman–Crippen MR) is 89.3 cm³/mol. The van der Waals surface area contributed by atoms with Crippen LogP contribution in [0.2, 0.25) is 0 Å². The number of rotatable bonds is 4. The van der Waals surface area contributed by atoms with E-state index in [9.17, 15) is 4.79 Å². The molecule has 7 nitrogen and oxygen atoms in total. The van der Waals surface area contributed by atoms with Crippen LogP contribution >= 0.6 is 0 Å². The van der Waals surface area contributed by atoms with E-state index in [1.54, 1.807) is 23.2 Å². The Bertz CT molecular complexity index is 1020. The third-order valence-electron chi connectivity index (χ3n) is 4.08. The molecule has 1 aromatic carbocycles. The molecule has 1 atom stereocenters. The van der Waals surface area contributed by atoms with Crippen molar-refractivity contribution in [3.63, 3.8) is 0 Å². The van der Waals surface area contributed by atoms with Crippen molar-refractivity contribution in [2.75, 3.05) is 0 Å². The maximum absolute atomic E-state index is 12.5. The van der Waals surface area contributed by atoms with E-state index in [1.165, 1.54) is 0 Å². The molecule has 0 radical (unpaired) electrons. The van der Waals surface area contributed by atoms with Gasteiger partial charge in [-0.2, -0.15) is 5.10 Å². The number of aromatic nitrogens is 5. The van der Waals surface area contributed by atoms with E-state index in [-0.39, 0.29) is 11.9 Å². The second-order valence-electron chi connectivity index (χ2n) is 5.59. The summed E-state index contributed by atoms with van der Waals surface area (Å²) in [6.07, 6.45) is 6.96. The number of carbonyl (C=O) groups excluding carboxylic acids is 1. The lowest BCUT2D eigenvalue weighted by atomic mass is 10.2. The summed E-state index contributed by atoms with van der Waals surface area (Å²) in [5.41, 5.74) is 3.45. The van der Waals surface area contributed by atoms with Gasteiger partial charge < -0.3 is 9.88 Å². The molecule has 3 heterocycles. The second-order valence-corrected chi connectivity index (χ2v) is 5.59. The lowest BCUT2D eigenvalue weighted by Crippen LogP contribution is -2.30. The molecule has 0 aliphatic carbocycles. The van der Waals surface area contributed by atoms with Crippen molar-refractivity contribution < 1.29 is 4.79 Å². The van der Waals surface area contributed by atoms with Gasteiger partial charge in [-0.1, -0.05) is 12.1 Å². The van der Waals surface area contributed by atoms with Gasteiger partial charge in [0.1, 0.15) is 6.04 Å². The van der Waals surface area contributed by atoms with Crippen molar-refractivity contribution in [2.45, 2.75) is 19.5 Å². The number of nitrogens with zero attached hydrogens (tertiary/aromatic N) is 5. The van der Waals surface area contributed by atoms with Gasteiger partial charge in [-0.05, 0) is 25.1 Å². The van der Waals surface area contributed by atoms with Crippen LogP contribution in [0.1, 0.15) is 18.5 Å². The molecule has 0 spiro atoms. The van der Waals surface area contributed by atoms with E-state index in [0.717, 1.165) is 22.2 Å². The topological polar surface area (TPSA) is 77.1 Å². The zero-order chi connectivity index (χ0) is 16.5. The van der Waals surface area contributed by atoms with Crippen LogP contribution in [0.5, 0.6) is 0 Å². The Kier molecular flexibility index (Phi) is 3.45. The van der Waals surface area contributed by atoms with Gasteiger partial charge in [0, 0.05) is 24.5 Å². The summed E-state index contributed by atoms with van der Waals surface area (Å²) >= 11 is 0. The number of fused-ring (bicyclic) bond motifs is 2. The Hall–Kier alpha value is -3.22. The van der Waals surface area contributed by atoms with Crippen molar-refractivity contribution in [2.24, 2.45) is 0 Å². The minimum Gasteiger partial charge on any atom is -0.350 e. The van der Waals surface area contributed by atoms with Gasteiger partial charge in [-0.15, -0.1) is 0 Å². The first-order valence-electron chi connectivity index (χ1n) is 7.70.